The molecule has 0 saturated heterocycles. The van der Waals surface area contributed by atoms with E-state index in [0.29, 0.717) is 17.9 Å². The summed E-state index contributed by atoms with van der Waals surface area (Å²) in [6.45, 7) is 0.703. The molecule has 3 rings (SSSR count). The molecule has 0 bridgehead atoms. The molecule has 1 unspecified atom stereocenters. The van der Waals surface area contributed by atoms with Crippen LogP contribution in [0.4, 0.5) is 13.2 Å². The number of aromatic nitrogens is 3. The van der Waals surface area contributed by atoms with Crippen molar-refractivity contribution in [3.63, 3.8) is 0 Å². The second kappa shape index (κ2) is 5.14. The van der Waals surface area contributed by atoms with Gasteiger partial charge in [-0.05, 0) is 18.6 Å². The monoisotopic (exact) mass is 297 g/mol. The average Bonchev–Trinajstić information content (AvgIpc) is 2.89. The van der Waals surface area contributed by atoms with Crippen molar-refractivity contribution in [2.24, 2.45) is 5.92 Å². The molecule has 1 aromatic heterocycles. The molecule has 112 valence electrons. The Balaban J connectivity index is 1.87. The Morgan fingerprint density at radius 1 is 1.24 bits per heavy atom. The smallest absolute Gasteiger partial charge is 0.396 e. The number of aliphatic hydroxyl groups excluding tert-OH is 1. The first-order chi connectivity index (χ1) is 9.97. The predicted octanol–water partition coefficient (Wildman–Crippen LogP) is 2.52. The lowest BCUT2D eigenvalue weighted by Crippen LogP contribution is -2.23. The van der Waals surface area contributed by atoms with Crippen LogP contribution in [-0.2, 0) is 19.1 Å². The first kappa shape index (κ1) is 14.1. The fourth-order valence-electron chi connectivity index (χ4n) is 2.45. The van der Waals surface area contributed by atoms with E-state index in [1.165, 1.54) is 12.1 Å². The standard InChI is InChI=1S/C14H14F3N3O/c15-14(16,17)11-4-2-10(3-5-11)13-18-12-6-1-9(8-21)7-20(12)19-13/h2-5,9,21H,1,6-8H2. The van der Waals surface area contributed by atoms with E-state index in [1.807, 2.05) is 0 Å². The first-order valence-corrected chi connectivity index (χ1v) is 6.69. The summed E-state index contributed by atoms with van der Waals surface area (Å²) in [5.41, 5.74) is -0.124. The third-order valence-electron chi connectivity index (χ3n) is 3.68. The second-order valence-corrected chi connectivity index (χ2v) is 5.20. The van der Waals surface area contributed by atoms with Gasteiger partial charge >= 0.3 is 6.18 Å². The Kier molecular flexibility index (Phi) is 3.44. The number of benzene rings is 1. The number of alkyl halides is 3. The van der Waals surface area contributed by atoms with E-state index in [4.69, 9.17) is 0 Å². The van der Waals surface area contributed by atoms with Crippen molar-refractivity contribution in [3.8, 4) is 11.4 Å². The molecule has 0 spiro atoms. The van der Waals surface area contributed by atoms with Crippen LogP contribution in [0.15, 0.2) is 24.3 Å². The van der Waals surface area contributed by atoms with Crippen LogP contribution in [0.5, 0.6) is 0 Å². The molecule has 21 heavy (non-hydrogen) atoms. The highest BCUT2D eigenvalue weighted by molar-refractivity contribution is 5.55. The SMILES string of the molecule is OCC1CCc2nc(-c3ccc(C(F)(F)F)cc3)nn2C1. The highest BCUT2D eigenvalue weighted by Crippen LogP contribution is 2.30. The molecule has 2 aromatic rings. The molecular formula is C14H14F3N3O. The number of nitrogens with zero attached hydrogens (tertiary/aromatic N) is 3. The number of hydrogen-bond acceptors (Lipinski definition) is 3. The van der Waals surface area contributed by atoms with Crippen LogP contribution in [-0.4, -0.2) is 26.5 Å². The zero-order valence-electron chi connectivity index (χ0n) is 11.1. The topological polar surface area (TPSA) is 50.9 Å². The van der Waals surface area contributed by atoms with Crippen molar-refractivity contribution < 1.29 is 18.3 Å². The number of fused-ring (bicyclic) bond motifs is 1. The van der Waals surface area contributed by atoms with Crippen molar-refractivity contribution >= 4 is 0 Å². The zero-order chi connectivity index (χ0) is 15.0. The van der Waals surface area contributed by atoms with Crippen molar-refractivity contribution in [1.82, 2.24) is 14.8 Å². The van der Waals surface area contributed by atoms with Crippen LogP contribution in [0.1, 0.15) is 17.8 Å². The third kappa shape index (κ3) is 2.78. The molecule has 0 aliphatic carbocycles. The molecule has 0 saturated carbocycles. The fourth-order valence-corrected chi connectivity index (χ4v) is 2.45. The second-order valence-electron chi connectivity index (χ2n) is 5.20. The summed E-state index contributed by atoms with van der Waals surface area (Å²) < 4.78 is 39.3. The van der Waals surface area contributed by atoms with Gasteiger partial charge < -0.3 is 5.11 Å². The minimum absolute atomic E-state index is 0.106. The molecule has 4 nitrogen and oxygen atoms in total. The summed E-state index contributed by atoms with van der Waals surface area (Å²) in [7, 11) is 0. The molecule has 2 heterocycles. The molecule has 1 atom stereocenters. The van der Waals surface area contributed by atoms with E-state index in [1.54, 1.807) is 4.68 Å². The highest BCUT2D eigenvalue weighted by Gasteiger charge is 2.30. The maximum atomic E-state index is 12.5. The van der Waals surface area contributed by atoms with E-state index < -0.39 is 11.7 Å². The van der Waals surface area contributed by atoms with Crippen LogP contribution >= 0.6 is 0 Å². The summed E-state index contributed by atoms with van der Waals surface area (Å²) in [6.07, 6.45) is -2.77. The molecule has 0 amide bonds. The number of rotatable bonds is 2. The minimum atomic E-state index is -4.34. The van der Waals surface area contributed by atoms with Gasteiger partial charge in [0, 0.05) is 31.1 Å². The zero-order valence-corrected chi connectivity index (χ0v) is 11.1. The summed E-state index contributed by atoms with van der Waals surface area (Å²) in [5.74, 6) is 1.41. The van der Waals surface area contributed by atoms with Crippen LogP contribution in [0, 0.1) is 5.92 Å². The van der Waals surface area contributed by atoms with Gasteiger partial charge in [0.25, 0.3) is 0 Å². The number of halogens is 3. The highest BCUT2D eigenvalue weighted by atomic mass is 19.4. The lowest BCUT2D eigenvalue weighted by molar-refractivity contribution is -0.137. The Labute approximate surface area is 119 Å². The molecule has 0 fully saturated rings. The number of hydrogen-bond donors (Lipinski definition) is 1. The molecule has 1 aliphatic heterocycles. The van der Waals surface area contributed by atoms with Crippen LogP contribution < -0.4 is 0 Å². The van der Waals surface area contributed by atoms with E-state index in [2.05, 4.69) is 10.1 Å². The number of aliphatic hydroxyl groups is 1. The Morgan fingerprint density at radius 2 is 1.95 bits per heavy atom. The van der Waals surface area contributed by atoms with Gasteiger partial charge in [-0.15, -0.1) is 0 Å². The average molecular weight is 297 g/mol. The summed E-state index contributed by atoms with van der Waals surface area (Å²) >= 11 is 0. The Hall–Kier alpha value is -1.89. The van der Waals surface area contributed by atoms with E-state index in [-0.39, 0.29) is 12.5 Å². The van der Waals surface area contributed by atoms with Gasteiger partial charge in [0.05, 0.1) is 5.56 Å². The third-order valence-corrected chi connectivity index (χ3v) is 3.68. The van der Waals surface area contributed by atoms with Gasteiger partial charge in [-0.2, -0.15) is 18.3 Å². The minimum Gasteiger partial charge on any atom is -0.396 e. The van der Waals surface area contributed by atoms with Gasteiger partial charge in [0.15, 0.2) is 5.82 Å². The van der Waals surface area contributed by atoms with E-state index in [9.17, 15) is 18.3 Å². The fraction of sp³-hybridized carbons (Fsp3) is 0.429. The quantitative estimate of drug-likeness (QED) is 0.926. The van der Waals surface area contributed by atoms with E-state index in [0.717, 1.165) is 30.8 Å². The predicted molar refractivity (Wildman–Crippen MR) is 69.4 cm³/mol. The van der Waals surface area contributed by atoms with Crippen molar-refractivity contribution in [3.05, 3.63) is 35.7 Å². The molecule has 1 aliphatic rings. The first-order valence-electron chi connectivity index (χ1n) is 6.69. The summed E-state index contributed by atoms with van der Waals surface area (Å²) in [4.78, 5) is 4.37. The maximum Gasteiger partial charge on any atom is 0.416 e. The van der Waals surface area contributed by atoms with Gasteiger partial charge in [0.2, 0.25) is 0 Å². The normalized spacial score (nSPS) is 18.6. The lowest BCUT2D eigenvalue weighted by atomic mass is 10.0. The van der Waals surface area contributed by atoms with Crippen LogP contribution in [0.25, 0.3) is 11.4 Å². The van der Waals surface area contributed by atoms with Gasteiger partial charge in [0.1, 0.15) is 5.82 Å². The Morgan fingerprint density at radius 3 is 2.57 bits per heavy atom. The summed E-state index contributed by atoms with van der Waals surface area (Å²) in [5, 5.41) is 13.5. The van der Waals surface area contributed by atoms with Gasteiger partial charge in [-0.1, -0.05) is 12.1 Å². The van der Waals surface area contributed by atoms with Crippen molar-refractivity contribution in [2.75, 3.05) is 6.61 Å². The Bertz CT molecular complexity index is 634. The van der Waals surface area contributed by atoms with Crippen molar-refractivity contribution in [1.29, 1.82) is 0 Å². The lowest BCUT2D eigenvalue weighted by Gasteiger charge is -2.19. The van der Waals surface area contributed by atoms with E-state index >= 15 is 0 Å². The molecule has 7 heteroatoms. The van der Waals surface area contributed by atoms with Crippen LogP contribution in [0.2, 0.25) is 0 Å². The molecular weight excluding hydrogens is 283 g/mol. The largest absolute Gasteiger partial charge is 0.416 e. The van der Waals surface area contributed by atoms with Gasteiger partial charge in [-0.3, -0.25) is 0 Å². The maximum absolute atomic E-state index is 12.5. The summed E-state index contributed by atoms with van der Waals surface area (Å²) in [6, 6.07) is 4.83. The molecule has 1 aromatic carbocycles. The van der Waals surface area contributed by atoms with Gasteiger partial charge in [-0.25, -0.2) is 9.67 Å². The molecule has 0 radical (unpaired) electrons. The van der Waals surface area contributed by atoms with Crippen molar-refractivity contribution in [2.45, 2.75) is 25.6 Å². The molecule has 1 N–H and O–H groups in total. The number of aryl methyl sites for hydroxylation is 1. The van der Waals surface area contributed by atoms with Crippen LogP contribution in [0.3, 0.4) is 0 Å².